The summed E-state index contributed by atoms with van der Waals surface area (Å²) in [5.74, 6) is -0.401. The van der Waals surface area contributed by atoms with Crippen LogP contribution >= 0.6 is 0 Å². The lowest BCUT2D eigenvalue weighted by molar-refractivity contribution is 0.100. The lowest BCUT2D eigenvalue weighted by Gasteiger charge is -2.13. The highest BCUT2D eigenvalue weighted by atomic mass is 16.1. The van der Waals surface area contributed by atoms with E-state index in [-0.39, 0.29) is 6.04 Å². The van der Waals surface area contributed by atoms with Gasteiger partial charge in [0.25, 0.3) is 0 Å². The molecular weight excluding hydrogens is 202 g/mol. The smallest absolute Gasteiger partial charge is 0.248 e. The second-order valence-corrected chi connectivity index (χ2v) is 3.67. The summed E-state index contributed by atoms with van der Waals surface area (Å²) in [6.07, 6.45) is 5.42. The number of nitrogens with two attached hydrogens (primary N) is 1. The molecule has 0 radical (unpaired) electrons. The second kappa shape index (κ2) is 4.18. The van der Waals surface area contributed by atoms with Gasteiger partial charge >= 0.3 is 0 Å². The Morgan fingerprint density at radius 2 is 2.06 bits per heavy atom. The van der Waals surface area contributed by atoms with Crippen LogP contribution in [0.3, 0.4) is 0 Å². The van der Waals surface area contributed by atoms with Crippen molar-refractivity contribution in [1.29, 1.82) is 0 Å². The first-order valence-corrected chi connectivity index (χ1v) is 5.05. The highest BCUT2D eigenvalue weighted by Gasteiger charge is 2.07. The van der Waals surface area contributed by atoms with Crippen molar-refractivity contribution in [3.05, 3.63) is 54.1 Å². The molecule has 2 aromatic rings. The van der Waals surface area contributed by atoms with Gasteiger partial charge in [-0.15, -0.1) is 0 Å². The van der Waals surface area contributed by atoms with E-state index in [4.69, 9.17) is 5.73 Å². The van der Waals surface area contributed by atoms with E-state index in [1.807, 2.05) is 22.9 Å². The van der Waals surface area contributed by atoms with Crippen LogP contribution in [0.5, 0.6) is 0 Å². The molecule has 0 aliphatic carbocycles. The number of carbonyl (C=O) groups is 1. The first-order chi connectivity index (χ1) is 7.68. The Morgan fingerprint density at radius 1 is 1.38 bits per heavy atom. The molecule has 1 amide bonds. The van der Waals surface area contributed by atoms with Gasteiger partial charge in [-0.1, -0.05) is 12.1 Å². The standard InChI is InChI=1S/C12H13N3O/c1-9(15-7-6-14-8-15)10-2-4-11(5-3-10)12(13)16/h2-9H,1H3,(H2,13,16). The fourth-order valence-corrected chi connectivity index (χ4v) is 1.60. The van der Waals surface area contributed by atoms with Gasteiger partial charge in [0.2, 0.25) is 5.91 Å². The molecule has 2 rings (SSSR count). The van der Waals surface area contributed by atoms with E-state index in [0.717, 1.165) is 5.56 Å². The van der Waals surface area contributed by atoms with Gasteiger partial charge in [-0.05, 0) is 24.6 Å². The molecule has 0 aliphatic heterocycles. The SMILES string of the molecule is CC(c1ccc(C(N)=O)cc1)n1ccnc1. The molecule has 1 atom stereocenters. The number of carbonyl (C=O) groups excluding carboxylic acids is 1. The average molecular weight is 215 g/mol. The van der Waals surface area contributed by atoms with Gasteiger partial charge in [0.15, 0.2) is 0 Å². The quantitative estimate of drug-likeness (QED) is 0.845. The maximum absolute atomic E-state index is 10.9. The monoisotopic (exact) mass is 215 g/mol. The average Bonchev–Trinajstić information content (AvgIpc) is 2.81. The number of nitrogens with zero attached hydrogens (tertiary/aromatic N) is 2. The predicted octanol–water partition coefficient (Wildman–Crippen LogP) is 1.59. The van der Waals surface area contributed by atoms with E-state index < -0.39 is 5.91 Å². The maximum atomic E-state index is 10.9. The summed E-state index contributed by atoms with van der Waals surface area (Å²) in [5, 5.41) is 0. The summed E-state index contributed by atoms with van der Waals surface area (Å²) >= 11 is 0. The molecule has 0 saturated carbocycles. The number of benzene rings is 1. The molecular formula is C12H13N3O. The van der Waals surface area contributed by atoms with Gasteiger partial charge in [0.05, 0.1) is 12.4 Å². The number of hydrogen-bond acceptors (Lipinski definition) is 2. The molecule has 4 nitrogen and oxygen atoms in total. The van der Waals surface area contributed by atoms with Gasteiger partial charge in [0, 0.05) is 18.0 Å². The van der Waals surface area contributed by atoms with Crippen LogP contribution in [-0.4, -0.2) is 15.5 Å². The molecule has 16 heavy (non-hydrogen) atoms. The third kappa shape index (κ3) is 1.95. The Labute approximate surface area is 93.7 Å². The highest BCUT2D eigenvalue weighted by molar-refractivity contribution is 5.92. The molecule has 2 N–H and O–H groups in total. The lowest BCUT2D eigenvalue weighted by atomic mass is 10.1. The molecule has 0 fully saturated rings. The van der Waals surface area contributed by atoms with E-state index in [2.05, 4.69) is 11.9 Å². The summed E-state index contributed by atoms with van der Waals surface area (Å²) in [7, 11) is 0. The summed E-state index contributed by atoms with van der Waals surface area (Å²) < 4.78 is 2.00. The fraction of sp³-hybridized carbons (Fsp3) is 0.167. The van der Waals surface area contributed by atoms with Crippen molar-refractivity contribution in [3.63, 3.8) is 0 Å². The van der Waals surface area contributed by atoms with E-state index >= 15 is 0 Å². The van der Waals surface area contributed by atoms with E-state index in [1.54, 1.807) is 24.7 Å². The van der Waals surface area contributed by atoms with Crippen molar-refractivity contribution in [1.82, 2.24) is 9.55 Å². The van der Waals surface area contributed by atoms with Crippen molar-refractivity contribution < 1.29 is 4.79 Å². The Hall–Kier alpha value is -2.10. The zero-order chi connectivity index (χ0) is 11.5. The minimum absolute atomic E-state index is 0.199. The van der Waals surface area contributed by atoms with Crippen molar-refractivity contribution >= 4 is 5.91 Å². The number of primary amides is 1. The van der Waals surface area contributed by atoms with E-state index in [1.165, 1.54) is 0 Å². The maximum Gasteiger partial charge on any atom is 0.248 e. The first-order valence-electron chi connectivity index (χ1n) is 5.05. The predicted molar refractivity (Wildman–Crippen MR) is 61.0 cm³/mol. The minimum Gasteiger partial charge on any atom is -0.366 e. The fourth-order valence-electron chi connectivity index (χ4n) is 1.60. The zero-order valence-corrected chi connectivity index (χ0v) is 9.00. The van der Waals surface area contributed by atoms with Gasteiger partial charge in [0.1, 0.15) is 0 Å². The molecule has 0 saturated heterocycles. The van der Waals surface area contributed by atoms with Crippen LogP contribution in [0.2, 0.25) is 0 Å². The summed E-state index contributed by atoms with van der Waals surface area (Å²) in [6, 6.07) is 7.50. The third-order valence-electron chi connectivity index (χ3n) is 2.65. The van der Waals surface area contributed by atoms with Gasteiger partial charge in [-0.25, -0.2) is 4.98 Å². The summed E-state index contributed by atoms with van der Waals surface area (Å²) in [4.78, 5) is 14.9. The van der Waals surface area contributed by atoms with Gasteiger partial charge in [-0.3, -0.25) is 4.79 Å². The van der Waals surface area contributed by atoms with Crippen LogP contribution in [0.4, 0.5) is 0 Å². The minimum atomic E-state index is -0.401. The van der Waals surface area contributed by atoms with Crippen LogP contribution in [0.1, 0.15) is 28.9 Å². The van der Waals surface area contributed by atoms with Crippen molar-refractivity contribution in [2.24, 2.45) is 5.73 Å². The molecule has 0 spiro atoms. The topological polar surface area (TPSA) is 60.9 Å². The van der Waals surface area contributed by atoms with Crippen molar-refractivity contribution in [2.45, 2.75) is 13.0 Å². The summed E-state index contributed by atoms with van der Waals surface area (Å²) in [5.41, 5.74) is 6.82. The molecule has 82 valence electrons. The highest BCUT2D eigenvalue weighted by Crippen LogP contribution is 2.17. The molecule has 1 aromatic heterocycles. The summed E-state index contributed by atoms with van der Waals surface area (Å²) in [6.45, 7) is 2.07. The third-order valence-corrected chi connectivity index (χ3v) is 2.65. The first kappa shape index (κ1) is 10.4. The molecule has 1 aromatic carbocycles. The lowest BCUT2D eigenvalue weighted by Crippen LogP contribution is -2.11. The number of rotatable bonds is 3. The van der Waals surface area contributed by atoms with Crippen molar-refractivity contribution in [2.75, 3.05) is 0 Å². The second-order valence-electron chi connectivity index (χ2n) is 3.67. The van der Waals surface area contributed by atoms with Crippen LogP contribution in [-0.2, 0) is 0 Å². The number of hydrogen-bond donors (Lipinski definition) is 1. The van der Waals surface area contributed by atoms with Crippen LogP contribution < -0.4 is 5.73 Å². The van der Waals surface area contributed by atoms with Crippen LogP contribution in [0, 0.1) is 0 Å². The molecule has 0 aliphatic rings. The Morgan fingerprint density at radius 3 is 2.56 bits per heavy atom. The van der Waals surface area contributed by atoms with E-state index in [9.17, 15) is 4.79 Å². The largest absolute Gasteiger partial charge is 0.366 e. The Kier molecular flexibility index (Phi) is 2.72. The molecule has 0 bridgehead atoms. The molecule has 4 heteroatoms. The molecule has 1 heterocycles. The van der Waals surface area contributed by atoms with Crippen LogP contribution in [0.25, 0.3) is 0 Å². The van der Waals surface area contributed by atoms with Gasteiger partial charge < -0.3 is 10.3 Å². The van der Waals surface area contributed by atoms with Gasteiger partial charge in [-0.2, -0.15) is 0 Å². The van der Waals surface area contributed by atoms with E-state index in [0.29, 0.717) is 5.56 Å². The zero-order valence-electron chi connectivity index (χ0n) is 9.00. The van der Waals surface area contributed by atoms with Crippen molar-refractivity contribution in [3.8, 4) is 0 Å². The van der Waals surface area contributed by atoms with Crippen LogP contribution in [0.15, 0.2) is 43.0 Å². The molecule has 1 unspecified atom stereocenters. The normalized spacial score (nSPS) is 12.3. The number of aromatic nitrogens is 2. The Balaban J connectivity index is 2.25. The number of amides is 1. The Bertz CT molecular complexity index is 473. The number of imidazole rings is 1.